The lowest BCUT2D eigenvalue weighted by Gasteiger charge is -2.29. The Labute approximate surface area is 93.3 Å². The number of carboxylic acids is 1. The molecule has 1 aromatic carbocycles. The molecule has 1 aliphatic rings. The van der Waals surface area contributed by atoms with Crippen molar-refractivity contribution in [2.75, 3.05) is 18.5 Å². The fraction of sp³-hybridized carbons (Fsp3) is 0.364. The number of benzene rings is 1. The van der Waals surface area contributed by atoms with E-state index < -0.39 is 5.97 Å². The van der Waals surface area contributed by atoms with Gasteiger partial charge in [-0.25, -0.2) is 4.79 Å². The second-order valence-electron chi connectivity index (χ2n) is 3.75. The topological polar surface area (TPSA) is 40.5 Å². The van der Waals surface area contributed by atoms with Crippen molar-refractivity contribution in [3.8, 4) is 0 Å². The van der Waals surface area contributed by atoms with Crippen LogP contribution in [-0.2, 0) is 6.42 Å². The predicted molar refractivity (Wildman–Crippen MR) is 60.0 cm³/mol. The summed E-state index contributed by atoms with van der Waals surface area (Å²) in [5.74, 6) is -0.892. The first-order valence-corrected chi connectivity index (χ1v) is 5.25. The van der Waals surface area contributed by atoms with E-state index in [0.717, 1.165) is 30.6 Å². The van der Waals surface area contributed by atoms with Crippen molar-refractivity contribution in [1.29, 1.82) is 0 Å². The fourth-order valence-corrected chi connectivity index (χ4v) is 2.31. The molecule has 0 atom stereocenters. The monoisotopic (exact) mass is 225 g/mol. The average Bonchev–Trinajstić information content (AvgIpc) is 2.19. The molecule has 0 bridgehead atoms. The van der Waals surface area contributed by atoms with E-state index in [4.69, 9.17) is 16.7 Å². The van der Waals surface area contributed by atoms with E-state index in [9.17, 15) is 4.79 Å². The first-order chi connectivity index (χ1) is 7.11. The van der Waals surface area contributed by atoms with Crippen LogP contribution in [0.5, 0.6) is 0 Å². The molecule has 3 nitrogen and oxygen atoms in total. The van der Waals surface area contributed by atoms with Crippen LogP contribution in [0.25, 0.3) is 0 Å². The molecule has 2 rings (SSSR count). The summed E-state index contributed by atoms with van der Waals surface area (Å²) >= 11 is 6.06. The molecule has 1 aromatic rings. The number of carboxylic acid groups (broad SMARTS) is 1. The zero-order valence-corrected chi connectivity index (χ0v) is 9.21. The fourth-order valence-electron chi connectivity index (χ4n) is 2.06. The normalized spacial score (nSPS) is 14.9. The number of fused-ring (bicyclic) bond motifs is 1. The third-order valence-electron chi connectivity index (χ3n) is 2.76. The third-order valence-corrected chi connectivity index (χ3v) is 3.11. The predicted octanol–water partition coefficient (Wildman–Crippen LogP) is 2.42. The van der Waals surface area contributed by atoms with E-state index in [-0.39, 0.29) is 0 Å². The van der Waals surface area contributed by atoms with Crippen LogP contribution in [0, 0.1) is 0 Å². The number of halogens is 1. The van der Waals surface area contributed by atoms with Crippen LogP contribution in [-0.4, -0.2) is 24.7 Å². The molecular weight excluding hydrogens is 214 g/mol. The minimum atomic E-state index is -0.892. The molecule has 1 heterocycles. The molecule has 1 aliphatic heterocycles. The molecule has 4 heteroatoms. The van der Waals surface area contributed by atoms with E-state index in [1.807, 2.05) is 11.9 Å². The summed E-state index contributed by atoms with van der Waals surface area (Å²) in [5, 5.41) is 9.75. The Morgan fingerprint density at radius 3 is 2.93 bits per heavy atom. The number of anilines is 1. The molecule has 0 spiro atoms. The molecule has 0 radical (unpaired) electrons. The Kier molecular flexibility index (Phi) is 2.57. The number of nitrogens with zero attached hydrogens (tertiary/aromatic N) is 1. The molecule has 0 saturated heterocycles. The SMILES string of the molecule is CN1CCCc2c(Cl)ccc(C(=O)O)c21. The Balaban J connectivity index is 2.65. The number of hydrogen-bond acceptors (Lipinski definition) is 2. The summed E-state index contributed by atoms with van der Waals surface area (Å²) in [6.45, 7) is 0.883. The molecule has 15 heavy (non-hydrogen) atoms. The van der Waals surface area contributed by atoms with Gasteiger partial charge in [-0.2, -0.15) is 0 Å². The molecular formula is C11H12ClNO2. The van der Waals surface area contributed by atoms with Gasteiger partial charge in [0.05, 0.1) is 11.3 Å². The van der Waals surface area contributed by atoms with Gasteiger partial charge in [0.25, 0.3) is 0 Å². The van der Waals surface area contributed by atoms with Gasteiger partial charge >= 0.3 is 5.97 Å². The van der Waals surface area contributed by atoms with Crippen LogP contribution in [0.1, 0.15) is 22.3 Å². The van der Waals surface area contributed by atoms with E-state index in [1.165, 1.54) is 0 Å². The van der Waals surface area contributed by atoms with Crippen LogP contribution in [0.3, 0.4) is 0 Å². The zero-order chi connectivity index (χ0) is 11.0. The van der Waals surface area contributed by atoms with Crippen molar-refractivity contribution < 1.29 is 9.90 Å². The van der Waals surface area contributed by atoms with E-state index in [0.29, 0.717) is 10.6 Å². The number of hydrogen-bond donors (Lipinski definition) is 1. The van der Waals surface area contributed by atoms with Gasteiger partial charge in [-0.15, -0.1) is 0 Å². The maximum Gasteiger partial charge on any atom is 0.337 e. The second-order valence-corrected chi connectivity index (χ2v) is 4.16. The highest BCUT2D eigenvalue weighted by atomic mass is 35.5. The average molecular weight is 226 g/mol. The van der Waals surface area contributed by atoms with E-state index >= 15 is 0 Å². The molecule has 0 amide bonds. The lowest BCUT2D eigenvalue weighted by molar-refractivity contribution is 0.0697. The van der Waals surface area contributed by atoms with Gasteiger partial charge in [0.2, 0.25) is 0 Å². The first-order valence-electron chi connectivity index (χ1n) is 4.87. The zero-order valence-electron chi connectivity index (χ0n) is 8.46. The quantitative estimate of drug-likeness (QED) is 0.798. The summed E-state index contributed by atoms with van der Waals surface area (Å²) in [5.41, 5.74) is 2.09. The highest BCUT2D eigenvalue weighted by Gasteiger charge is 2.22. The standard InChI is InChI=1S/C11H12ClNO2/c1-13-6-2-3-7-9(12)5-4-8(10(7)13)11(14)15/h4-5H,2-3,6H2,1H3,(H,14,15). The second kappa shape index (κ2) is 3.74. The Morgan fingerprint density at radius 1 is 1.53 bits per heavy atom. The minimum absolute atomic E-state index is 0.344. The molecule has 80 valence electrons. The molecule has 0 unspecified atom stereocenters. The van der Waals surface area contributed by atoms with Gasteiger partial charge in [0.1, 0.15) is 0 Å². The van der Waals surface area contributed by atoms with Crippen LogP contribution >= 0.6 is 11.6 Å². The van der Waals surface area contributed by atoms with Crippen molar-refractivity contribution >= 4 is 23.3 Å². The van der Waals surface area contributed by atoms with Gasteiger partial charge < -0.3 is 10.0 Å². The van der Waals surface area contributed by atoms with Crippen LogP contribution in [0.2, 0.25) is 5.02 Å². The lowest BCUT2D eigenvalue weighted by Crippen LogP contribution is -2.27. The molecule has 1 N–H and O–H groups in total. The largest absolute Gasteiger partial charge is 0.478 e. The summed E-state index contributed by atoms with van der Waals surface area (Å²) < 4.78 is 0. The van der Waals surface area contributed by atoms with Crippen LogP contribution in [0.15, 0.2) is 12.1 Å². The van der Waals surface area contributed by atoms with Crippen molar-refractivity contribution in [3.63, 3.8) is 0 Å². The third kappa shape index (κ3) is 1.67. The first kappa shape index (κ1) is 10.3. The van der Waals surface area contributed by atoms with E-state index in [2.05, 4.69) is 0 Å². The van der Waals surface area contributed by atoms with Crippen molar-refractivity contribution in [3.05, 3.63) is 28.3 Å². The van der Waals surface area contributed by atoms with Crippen molar-refractivity contribution in [1.82, 2.24) is 0 Å². The van der Waals surface area contributed by atoms with Gasteiger partial charge in [0, 0.05) is 18.6 Å². The summed E-state index contributed by atoms with van der Waals surface area (Å²) in [7, 11) is 1.90. The Bertz CT molecular complexity index is 417. The van der Waals surface area contributed by atoms with Gasteiger partial charge in [-0.1, -0.05) is 11.6 Å². The van der Waals surface area contributed by atoms with Gasteiger partial charge in [0.15, 0.2) is 0 Å². The molecule has 0 fully saturated rings. The number of carbonyl (C=O) groups is 1. The van der Waals surface area contributed by atoms with Crippen LogP contribution in [0.4, 0.5) is 5.69 Å². The maximum absolute atomic E-state index is 11.1. The van der Waals surface area contributed by atoms with Gasteiger partial charge in [-0.3, -0.25) is 0 Å². The molecule has 0 aromatic heterocycles. The minimum Gasteiger partial charge on any atom is -0.478 e. The van der Waals surface area contributed by atoms with Gasteiger partial charge in [-0.05, 0) is 30.5 Å². The smallest absolute Gasteiger partial charge is 0.337 e. The Hall–Kier alpha value is -1.22. The lowest BCUT2D eigenvalue weighted by atomic mass is 9.98. The molecule has 0 saturated carbocycles. The molecule has 0 aliphatic carbocycles. The van der Waals surface area contributed by atoms with Crippen LogP contribution < -0.4 is 4.90 Å². The van der Waals surface area contributed by atoms with Crippen molar-refractivity contribution in [2.45, 2.75) is 12.8 Å². The number of aromatic carboxylic acids is 1. The highest BCUT2D eigenvalue weighted by Crippen LogP contribution is 2.34. The summed E-state index contributed by atoms with van der Waals surface area (Å²) in [6.07, 6.45) is 1.88. The van der Waals surface area contributed by atoms with E-state index in [1.54, 1.807) is 12.1 Å². The summed E-state index contributed by atoms with van der Waals surface area (Å²) in [6, 6.07) is 3.24. The maximum atomic E-state index is 11.1. The summed E-state index contributed by atoms with van der Waals surface area (Å²) in [4.78, 5) is 13.0. The Morgan fingerprint density at radius 2 is 2.27 bits per heavy atom. The highest BCUT2D eigenvalue weighted by molar-refractivity contribution is 6.32. The van der Waals surface area contributed by atoms with Crippen molar-refractivity contribution in [2.24, 2.45) is 0 Å². The number of rotatable bonds is 1.